The van der Waals surface area contributed by atoms with Gasteiger partial charge in [0.25, 0.3) is 0 Å². The Hall–Kier alpha value is -3.02. The Morgan fingerprint density at radius 2 is 1.79 bits per heavy atom. The molecular weight excluding hydrogens is 354 g/mol. The summed E-state index contributed by atoms with van der Waals surface area (Å²) < 4.78 is 5.64. The zero-order chi connectivity index (χ0) is 20.4. The molecule has 0 aliphatic heterocycles. The molecule has 1 unspecified atom stereocenters. The minimum absolute atomic E-state index is 0.0311. The van der Waals surface area contributed by atoms with Crippen LogP contribution in [0.5, 0.6) is 5.75 Å². The summed E-state index contributed by atoms with van der Waals surface area (Å²) in [6, 6.07) is 16.9. The van der Waals surface area contributed by atoms with Gasteiger partial charge in [-0.25, -0.2) is 4.79 Å². The van der Waals surface area contributed by atoms with Crippen LogP contribution in [-0.2, 0) is 4.79 Å². The molecule has 0 bridgehead atoms. The lowest BCUT2D eigenvalue weighted by Crippen LogP contribution is -2.40. The molecular formula is C22H29N3O3. The second kappa shape index (κ2) is 11.0. The molecule has 28 heavy (non-hydrogen) atoms. The van der Waals surface area contributed by atoms with Gasteiger partial charge in [-0.3, -0.25) is 4.79 Å². The van der Waals surface area contributed by atoms with E-state index in [1.807, 2.05) is 30.3 Å². The summed E-state index contributed by atoms with van der Waals surface area (Å²) in [5.74, 6) is 0.963. The number of benzene rings is 2. The van der Waals surface area contributed by atoms with Gasteiger partial charge >= 0.3 is 6.03 Å². The Kier molecular flexibility index (Phi) is 8.34. The monoisotopic (exact) mass is 383 g/mol. The third kappa shape index (κ3) is 7.70. The van der Waals surface area contributed by atoms with E-state index in [2.05, 4.69) is 29.8 Å². The van der Waals surface area contributed by atoms with Gasteiger partial charge in [0.2, 0.25) is 5.91 Å². The Morgan fingerprint density at radius 3 is 2.46 bits per heavy atom. The molecule has 2 aromatic carbocycles. The van der Waals surface area contributed by atoms with Crippen molar-refractivity contribution in [2.45, 2.75) is 33.2 Å². The second-order valence-electron chi connectivity index (χ2n) is 7.05. The normalized spacial score (nSPS) is 11.6. The third-order valence-corrected chi connectivity index (χ3v) is 4.03. The first-order valence-electron chi connectivity index (χ1n) is 9.54. The molecule has 3 amide bonds. The van der Waals surface area contributed by atoms with E-state index in [-0.39, 0.29) is 18.0 Å². The van der Waals surface area contributed by atoms with Crippen LogP contribution in [0.2, 0.25) is 0 Å². The molecule has 0 fully saturated rings. The van der Waals surface area contributed by atoms with Gasteiger partial charge in [0.1, 0.15) is 12.4 Å². The van der Waals surface area contributed by atoms with Crippen molar-refractivity contribution in [3.8, 4) is 5.75 Å². The van der Waals surface area contributed by atoms with E-state index in [1.54, 1.807) is 24.3 Å². The van der Waals surface area contributed by atoms with Crippen LogP contribution >= 0.6 is 0 Å². The number of amides is 3. The fourth-order valence-corrected chi connectivity index (χ4v) is 2.84. The highest BCUT2D eigenvalue weighted by atomic mass is 16.5. The first-order chi connectivity index (χ1) is 13.4. The van der Waals surface area contributed by atoms with Crippen molar-refractivity contribution in [2.24, 2.45) is 5.92 Å². The van der Waals surface area contributed by atoms with Crippen molar-refractivity contribution in [2.75, 3.05) is 18.5 Å². The molecule has 150 valence electrons. The molecule has 2 rings (SSSR count). The van der Waals surface area contributed by atoms with Gasteiger partial charge in [-0.2, -0.15) is 0 Å². The Labute approximate surface area is 166 Å². The highest BCUT2D eigenvalue weighted by Crippen LogP contribution is 2.21. The maximum atomic E-state index is 12.3. The summed E-state index contributed by atoms with van der Waals surface area (Å²) in [6.07, 6.45) is 0.865. The van der Waals surface area contributed by atoms with E-state index in [9.17, 15) is 9.59 Å². The number of nitrogens with one attached hydrogen (secondary N) is 3. The smallest absolute Gasteiger partial charge is 0.315 e. The number of hydrogen-bond donors (Lipinski definition) is 3. The molecule has 0 saturated carbocycles. The molecule has 6 nitrogen and oxygen atoms in total. The van der Waals surface area contributed by atoms with Gasteiger partial charge < -0.3 is 20.7 Å². The van der Waals surface area contributed by atoms with Crippen LogP contribution in [0.1, 0.15) is 38.8 Å². The van der Waals surface area contributed by atoms with Crippen molar-refractivity contribution in [1.82, 2.24) is 10.6 Å². The topological polar surface area (TPSA) is 79.5 Å². The van der Waals surface area contributed by atoms with E-state index in [1.165, 1.54) is 6.92 Å². The largest absolute Gasteiger partial charge is 0.492 e. The Bertz CT molecular complexity index is 763. The van der Waals surface area contributed by atoms with Crippen LogP contribution in [0.25, 0.3) is 0 Å². The molecule has 0 heterocycles. The third-order valence-electron chi connectivity index (χ3n) is 4.03. The summed E-state index contributed by atoms with van der Waals surface area (Å²) in [4.78, 5) is 23.4. The van der Waals surface area contributed by atoms with Gasteiger partial charge in [-0.1, -0.05) is 50.2 Å². The average molecular weight is 383 g/mol. The molecule has 2 aromatic rings. The first kappa shape index (κ1) is 21.3. The van der Waals surface area contributed by atoms with E-state index >= 15 is 0 Å². The van der Waals surface area contributed by atoms with Crippen molar-refractivity contribution in [3.63, 3.8) is 0 Å². The lowest BCUT2D eigenvalue weighted by molar-refractivity contribution is -0.114. The molecule has 0 aromatic heterocycles. The van der Waals surface area contributed by atoms with Crippen LogP contribution in [0.3, 0.4) is 0 Å². The maximum absolute atomic E-state index is 12.3. The molecule has 0 saturated heterocycles. The molecule has 6 heteroatoms. The number of urea groups is 1. The van der Waals surface area contributed by atoms with Gasteiger partial charge in [0, 0.05) is 18.7 Å². The predicted octanol–water partition coefficient (Wildman–Crippen LogP) is 4.11. The first-order valence-corrected chi connectivity index (χ1v) is 9.54. The Balaban J connectivity index is 1.79. The lowest BCUT2D eigenvalue weighted by Gasteiger charge is -2.21. The summed E-state index contributed by atoms with van der Waals surface area (Å²) >= 11 is 0. The van der Waals surface area contributed by atoms with E-state index < -0.39 is 0 Å². The summed E-state index contributed by atoms with van der Waals surface area (Å²) in [7, 11) is 0. The average Bonchev–Trinajstić information content (AvgIpc) is 2.65. The van der Waals surface area contributed by atoms with Crippen molar-refractivity contribution >= 4 is 17.6 Å². The fraction of sp³-hybridized carbons (Fsp3) is 0.364. The van der Waals surface area contributed by atoms with E-state index in [4.69, 9.17) is 4.74 Å². The minimum Gasteiger partial charge on any atom is -0.492 e. The lowest BCUT2D eigenvalue weighted by atomic mass is 9.97. The molecule has 0 aliphatic rings. The maximum Gasteiger partial charge on any atom is 0.315 e. The summed E-state index contributed by atoms with van der Waals surface area (Å²) in [5, 5.41) is 8.58. The predicted molar refractivity (Wildman–Crippen MR) is 111 cm³/mol. The van der Waals surface area contributed by atoms with Crippen LogP contribution < -0.4 is 20.7 Å². The van der Waals surface area contributed by atoms with E-state index in [0.717, 1.165) is 12.0 Å². The SMILES string of the molecule is CC(=O)Nc1cccc(OCCNC(=O)NC(CC(C)C)c2ccccc2)c1. The number of anilines is 1. The van der Waals surface area contributed by atoms with Crippen LogP contribution in [0, 0.1) is 5.92 Å². The quantitative estimate of drug-likeness (QED) is 0.570. The van der Waals surface area contributed by atoms with Crippen LogP contribution in [-0.4, -0.2) is 25.1 Å². The van der Waals surface area contributed by atoms with Gasteiger partial charge in [0.05, 0.1) is 12.6 Å². The fourth-order valence-electron chi connectivity index (χ4n) is 2.84. The highest BCUT2D eigenvalue weighted by Gasteiger charge is 2.15. The number of ether oxygens (including phenoxy) is 1. The van der Waals surface area contributed by atoms with Crippen molar-refractivity contribution in [3.05, 3.63) is 60.2 Å². The minimum atomic E-state index is -0.217. The summed E-state index contributed by atoms with van der Waals surface area (Å²) in [5.41, 5.74) is 1.77. The highest BCUT2D eigenvalue weighted by molar-refractivity contribution is 5.88. The Morgan fingerprint density at radius 1 is 1.04 bits per heavy atom. The number of hydrogen-bond acceptors (Lipinski definition) is 3. The van der Waals surface area contributed by atoms with Gasteiger partial charge in [0.15, 0.2) is 0 Å². The van der Waals surface area contributed by atoms with Crippen molar-refractivity contribution < 1.29 is 14.3 Å². The van der Waals surface area contributed by atoms with Crippen LogP contribution in [0.4, 0.5) is 10.5 Å². The van der Waals surface area contributed by atoms with E-state index in [0.29, 0.717) is 30.5 Å². The number of rotatable bonds is 9. The molecule has 0 radical (unpaired) electrons. The molecule has 1 atom stereocenters. The zero-order valence-corrected chi connectivity index (χ0v) is 16.7. The van der Waals surface area contributed by atoms with Gasteiger partial charge in [-0.15, -0.1) is 0 Å². The zero-order valence-electron chi connectivity index (χ0n) is 16.7. The van der Waals surface area contributed by atoms with Crippen molar-refractivity contribution in [1.29, 1.82) is 0 Å². The van der Waals surface area contributed by atoms with Crippen LogP contribution in [0.15, 0.2) is 54.6 Å². The van der Waals surface area contributed by atoms with Gasteiger partial charge in [-0.05, 0) is 30.0 Å². The number of carbonyl (C=O) groups is 2. The molecule has 0 spiro atoms. The summed E-state index contributed by atoms with van der Waals surface area (Å²) in [6.45, 7) is 6.44. The molecule has 3 N–H and O–H groups in total. The molecule has 0 aliphatic carbocycles. The second-order valence-corrected chi connectivity index (χ2v) is 7.05. The standard InChI is InChI=1S/C22H29N3O3/c1-16(2)14-21(18-8-5-4-6-9-18)25-22(27)23-12-13-28-20-11-7-10-19(15-20)24-17(3)26/h4-11,15-16,21H,12-14H2,1-3H3,(H,24,26)(H2,23,25,27). The number of carbonyl (C=O) groups excluding carboxylic acids is 2.